The fraction of sp³-hybridized carbons (Fsp3) is 0.188. The average molecular weight is 309 g/mol. The number of carbonyl (C=O) groups is 1. The van der Waals surface area contributed by atoms with Gasteiger partial charge in [0.25, 0.3) is 0 Å². The lowest BCUT2D eigenvalue weighted by molar-refractivity contribution is -0.113. The van der Waals surface area contributed by atoms with Gasteiger partial charge in [-0.1, -0.05) is 35.9 Å². The van der Waals surface area contributed by atoms with Gasteiger partial charge in [-0.15, -0.1) is 0 Å². The zero-order valence-electron chi connectivity index (χ0n) is 11.0. The molecule has 0 saturated carbocycles. The Bertz CT molecular complexity index is 576. The maximum Gasteiger partial charge on any atom is 0.229 e. The van der Waals surface area contributed by atoms with Crippen LogP contribution in [0.3, 0.4) is 0 Å². The van der Waals surface area contributed by atoms with Gasteiger partial charge in [0.2, 0.25) is 5.24 Å². The van der Waals surface area contributed by atoms with Gasteiger partial charge in [-0.3, -0.25) is 4.79 Å². The largest absolute Gasteiger partial charge is 0.497 e. The van der Waals surface area contributed by atoms with Crippen LogP contribution in [0.4, 0.5) is 0 Å². The molecule has 20 heavy (non-hydrogen) atoms. The predicted molar refractivity (Wildman–Crippen MR) is 81.8 cm³/mol. The number of ether oxygens (including phenoxy) is 1. The summed E-state index contributed by atoms with van der Waals surface area (Å²) >= 11 is 11.6. The molecule has 0 amide bonds. The first-order valence-corrected chi connectivity index (χ1v) is 6.93. The van der Waals surface area contributed by atoms with E-state index in [1.54, 1.807) is 19.2 Å². The number of hydrogen-bond acceptors (Lipinski definition) is 2. The van der Waals surface area contributed by atoms with E-state index < -0.39 is 0 Å². The van der Waals surface area contributed by atoms with E-state index in [2.05, 4.69) is 0 Å². The molecule has 1 unspecified atom stereocenters. The third-order valence-corrected chi connectivity index (χ3v) is 3.66. The number of halogens is 2. The second-order valence-electron chi connectivity index (χ2n) is 4.46. The molecule has 2 rings (SSSR count). The van der Waals surface area contributed by atoms with E-state index in [4.69, 9.17) is 27.9 Å². The summed E-state index contributed by atoms with van der Waals surface area (Å²) in [6.07, 6.45) is 0.550. The Hall–Kier alpha value is -1.51. The van der Waals surface area contributed by atoms with Crippen LogP contribution in [0.2, 0.25) is 5.02 Å². The Balaban J connectivity index is 2.20. The molecule has 0 bridgehead atoms. The fourth-order valence-electron chi connectivity index (χ4n) is 2.02. The van der Waals surface area contributed by atoms with E-state index in [9.17, 15) is 4.79 Å². The predicted octanol–water partition coefficient (Wildman–Crippen LogP) is 4.44. The molecule has 0 N–H and O–H groups in total. The van der Waals surface area contributed by atoms with Gasteiger partial charge < -0.3 is 4.74 Å². The molecule has 2 aromatic rings. The van der Waals surface area contributed by atoms with E-state index in [1.165, 1.54) is 0 Å². The van der Waals surface area contributed by atoms with Crippen molar-refractivity contribution in [3.05, 3.63) is 64.7 Å². The van der Waals surface area contributed by atoms with Crippen LogP contribution >= 0.6 is 23.2 Å². The molecule has 2 aromatic carbocycles. The van der Waals surface area contributed by atoms with Crippen molar-refractivity contribution in [2.75, 3.05) is 7.11 Å². The van der Waals surface area contributed by atoms with Crippen LogP contribution in [-0.4, -0.2) is 12.4 Å². The molecule has 1 atom stereocenters. The molecule has 104 valence electrons. The van der Waals surface area contributed by atoms with Gasteiger partial charge in [0.15, 0.2) is 0 Å². The van der Waals surface area contributed by atoms with Gasteiger partial charge in [-0.05, 0) is 53.4 Å². The zero-order chi connectivity index (χ0) is 14.5. The number of methoxy groups -OCH3 is 1. The number of carbonyl (C=O) groups excluding carboxylic acids is 1. The van der Waals surface area contributed by atoms with Crippen molar-refractivity contribution in [2.45, 2.75) is 12.3 Å². The zero-order valence-corrected chi connectivity index (χ0v) is 12.5. The maximum absolute atomic E-state index is 11.7. The minimum absolute atomic E-state index is 0.372. The van der Waals surface area contributed by atoms with Crippen LogP contribution in [0.15, 0.2) is 48.5 Å². The minimum atomic E-state index is -0.373. The van der Waals surface area contributed by atoms with Gasteiger partial charge in [0.1, 0.15) is 5.75 Å². The van der Waals surface area contributed by atoms with Crippen molar-refractivity contribution in [3.8, 4) is 5.75 Å². The Kier molecular flexibility index (Phi) is 5.05. The molecular weight excluding hydrogens is 295 g/mol. The van der Waals surface area contributed by atoms with E-state index in [1.807, 2.05) is 36.4 Å². The third kappa shape index (κ3) is 3.75. The standard InChI is InChI=1S/C16H14Cl2O2/c1-20-14-8-2-11(3-9-14)10-15(16(18)19)12-4-6-13(17)7-5-12/h2-9,15H,10H2,1H3. The summed E-state index contributed by atoms with van der Waals surface area (Å²) in [7, 11) is 1.62. The lowest BCUT2D eigenvalue weighted by Crippen LogP contribution is -2.10. The molecule has 0 saturated heterocycles. The molecule has 4 heteroatoms. The molecule has 0 spiro atoms. The van der Waals surface area contributed by atoms with Crippen LogP contribution in [0, 0.1) is 0 Å². The smallest absolute Gasteiger partial charge is 0.229 e. The SMILES string of the molecule is COc1ccc(CC(C(=O)Cl)c2ccc(Cl)cc2)cc1. The van der Waals surface area contributed by atoms with Crippen molar-refractivity contribution >= 4 is 28.4 Å². The van der Waals surface area contributed by atoms with Gasteiger partial charge in [-0.25, -0.2) is 0 Å². The van der Waals surface area contributed by atoms with E-state index >= 15 is 0 Å². The van der Waals surface area contributed by atoms with E-state index in [0.717, 1.165) is 16.9 Å². The van der Waals surface area contributed by atoms with Gasteiger partial charge >= 0.3 is 0 Å². The van der Waals surface area contributed by atoms with Crippen LogP contribution < -0.4 is 4.74 Å². The Morgan fingerprint density at radius 1 is 1.10 bits per heavy atom. The van der Waals surface area contributed by atoms with Crippen LogP contribution in [0.5, 0.6) is 5.75 Å². The van der Waals surface area contributed by atoms with Crippen molar-refractivity contribution in [1.82, 2.24) is 0 Å². The summed E-state index contributed by atoms with van der Waals surface area (Å²) in [4.78, 5) is 11.7. The highest BCUT2D eigenvalue weighted by Crippen LogP contribution is 2.25. The first kappa shape index (κ1) is 14.9. The molecule has 0 heterocycles. The third-order valence-electron chi connectivity index (χ3n) is 3.15. The number of hydrogen-bond donors (Lipinski definition) is 0. The number of rotatable bonds is 5. The molecule has 0 radical (unpaired) electrons. The molecule has 2 nitrogen and oxygen atoms in total. The molecule has 0 aromatic heterocycles. The Labute approximate surface area is 128 Å². The monoisotopic (exact) mass is 308 g/mol. The summed E-state index contributed by atoms with van der Waals surface area (Å²) in [5.74, 6) is 0.413. The maximum atomic E-state index is 11.7. The number of benzene rings is 2. The molecule has 0 aliphatic rings. The van der Waals surface area contributed by atoms with Gasteiger partial charge in [0, 0.05) is 5.02 Å². The van der Waals surface area contributed by atoms with Crippen LogP contribution in [-0.2, 0) is 11.2 Å². The Morgan fingerprint density at radius 3 is 2.20 bits per heavy atom. The molecular formula is C16H14Cl2O2. The summed E-state index contributed by atoms with van der Waals surface area (Å²) in [6, 6.07) is 14.8. The van der Waals surface area contributed by atoms with Crippen LogP contribution in [0.25, 0.3) is 0 Å². The van der Waals surface area contributed by atoms with Crippen molar-refractivity contribution < 1.29 is 9.53 Å². The first-order valence-electron chi connectivity index (χ1n) is 6.18. The Morgan fingerprint density at radius 2 is 1.70 bits per heavy atom. The molecule has 0 aliphatic carbocycles. The summed E-state index contributed by atoms with van der Waals surface area (Å²) in [6.45, 7) is 0. The fourth-order valence-corrected chi connectivity index (χ4v) is 2.35. The normalized spacial score (nSPS) is 11.9. The second-order valence-corrected chi connectivity index (χ2v) is 5.27. The van der Waals surface area contributed by atoms with Gasteiger partial charge in [0.05, 0.1) is 13.0 Å². The topological polar surface area (TPSA) is 26.3 Å². The minimum Gasteiger partial charge on any atom is -0.497 e. The second kappa shape index (κ2) is 6.78. The lowest BCUT2D eigenvalue weighted by atomic mass is 9.93. The van der Waals surface area contributed by atoms with Crippen LogP contribution in [0.1, 0.15) is 17.0 Å². The summed E-state index contributed by atoms with van der Waals surface area (Å²) in [5, 5.41) is 0.266. The highest BCUT2D eigenvalue weighted by atomic mass is 35.5. The first-order chi connectivity index (χ1) is 9.60. The van der Waals surface area contributed by atoms with E-state index in [0.29, 0.717) is 11.4 Å². The molecule has 0 aliphatic heterocycles. The summed E-state index contributed by atoms with van der Waals surface area (Å²) < 4.78 is 5.11. The van der Waals surface area contributed by atoms with E-state index in [-0.39, 0.29) is 11.2 Å². The lowest BCUT2D eigenvalue weighted by Gasteiger charge is -2.13. The summed E-state index contributed by atoms with van der Waals surface area (Å²) in [5.41, 5.74) is 1.89. The van der Waals surface area contributed by atoms with Crippen molar-refractivity contribution in [1.29, 1.82) is 0 Å². The van der Waals surface area contributed by atoms with Gasteiger partial charge in [-0.2, -0.15) is 0 Å². The average Bonchev–Trinajstić information content (AvgIpc) is 2.46. The highest BCUT2D eigenvalue weighted by molar-refractivity contribution is 6.64. The van der Waals surface area contributed by atoms with Crippen molar-refractivity contribution in [2.24, 2.45) is 0 Å². The highest BCUT2D eigenvalue weighted by Gasteiger charge is 2.19. The molecule has 0 fully saturated rings. The van der Waals surface area contributed by atoms with Crippen molar-refractivity contribution in [3.63, 3.8) is 0 Å². The quantitative estimate of drug-likeness (QED) is 0.763.